The summed E-state index contributed by atoms with van der Waals surface area (Å²) < 4.78 is 1.88. The van der Waals surface area contributed by atoms with Gasteiger partial charge in [-0.15, -0.1) is 0 Å². The number of fused-ring (bicyclic) bond motifs is 3. The van der Waals surface area contributed by atoms with Gasteiger partial charge >= 0.3 is 0 Å². The lowest BCUT2D eigenvalue weighted by molar-refractivity contribution is -0.123. The second-order valence-electron chi connectivity index (χ2n) is 9.46. The Morgan fingerprint density at radius 2 is 2.06 bits per heavy atom. The van der Waals surface area contributed by atoms with E-state index in [1.165, 1.54) is 25.1 Å². The van der Waals surface area contributed by atoms with Gasteiger partial charge in [0, 0.05) is 36.7 Å². The number of piperidine rings is 1. The Balaban J connectivity index is 1.24. The van der Waals surface area contributed by atoms with E-state index in [0.717, 1.165) is 53.0 Å². The lowest BCUT2D eigenvalue weighted by Gasteiger charge is -2.41. The minimum Gasteiger partial charge on any atom is -0.370 e. The molecule has 166 valence electrons. The summed E-state index contributed by atoms with van der Waals surface area (Å²) in [5.41, 5.74) is 4.94. The molecular formula is C24H29N6OP. The van der Waals surface area contributed by atoms with Crippen LogP contribution in [0.1, 0.15) is 29.9 Å². The average molecular weight is 449 g/mol. The van der Waals surface area contributed by atoms with Gasteiger partial charge in [0.15, 0.2) is 0 Å². The average Bonchev–Trinajstić information content (AvgIpc) is 3.37. The van der Waals surface area contributed by atoms with Gasteiger partial charge in [-0.25, -0.2) is 4.52 Å². The van der Waals surface area contributed by atoms with Gasteiger partial charge in [-0.3, -0.25) is 9.78 Å². The van der Waals surface area contributed by atoms with Crippen LogP contribution in [0.15, 0.2) is 42.4 Å². The summed E-state index contributed by atoms with van der Waals surface area (Å²) in [4.78, 5) is 24.5. The Morgan fingerprint density at radius 3 is 2.94 bits per heavy atom. The first-order valence-electron chi connectivity index (χ1n) is 11.5. The Labute approximate surface area is 190 Å². The smallest absolute Gasteiger partial charge is 0.252 e. The SMILES string of the molecule is Cc1cn2nc(C3=CC(=O)N4C=C(N5CCC6C(CCN6C)C5)C=CC4P3)cc2c(C)n1. The maximum absolute atomic E-state index is 13.1. The Morgan fingerprint density at radius 1 is 1.19 bits per heavy atom. The number of aryl methyl sites for hydroxylation is 2. The Bertz CT molecular complexity index is 1200. The fourth-order valence-corrected chi connectivity index (χ4v) is 7.01. The van der Waals surface area contributed by atoms with Gasteiger partial charge in [-0.1, -0.05) is 14.7 Å². The van der Waals surface area contributed by atoms with Gasteiger partial charge in [-0.2, -0.15) is 5.10 Å². The molecule has 2 fully saturated rings. The fourth-order valence-electron chi connectivity index (χ4n) is 5.68. The number of carbonyl (C=O) groups excluding carboxylic acids is 1. The number of likely N-dealkylation sites (tertiary alicyclic amines) is 2. The van der Waals surface area contributed by atoms with E-state index in [2.05, 4.69) is 46.2 Å². The van der Waals surface area contributed by atoms with Gasteiger partial charge < -0.3 is 14.7 Å². The molecular weight excluding hydrogens is 419 g/mol. The molecule has 2 aromatic rings. The van der Waals surface area contributed by atoms with Crippen molar-refractivity contribution in [2.45, 2.75) is 38.5 Å². The first-order chi connectivity index (χ1) is 15.5. The van der Waals surface area contributed by atoms with Crippen molar-refractivity contribution < 1.29 is 4.79 Å². The summed E-state index contributed by atoms with van der Waals surface area (Å²) >= 11 is 0. The molecule has 0 aromatic carbocycles. The summed E-state index contributed by atoms with van der Waals surface area (Å²) in [6.07, 6.45) is 12.7. The van der Waals surface area contributed by atoms with Crippen LogP contribution in [0.25, 0.3) is 10.8 Å². The first kappa shape index (κ1) is 20.1. The van der Waals surface area contributed by atoms with Crippen molar-refractivity contribution in [2.75, 3.05) is 26.7 Å². The second kappa shape index (κ2) is 7.53. The molecule has 1 amide bonds. The topological polar surface area (TPSA) is 57.0 Å². The third-order valence-corrected chi connectivity index (χ3v) is 8.84. The lowest BCUT2D eigenvalue weighted by Crippen LogP contribution is -2.45. The highest BCUT2D eigenvalue weighted by molar-refractivity contribution is 7.51. The third-order valence-electron chi connectivity index (χ3n) is 7.36. The van der Waals surface area contributed by atoms with Crippen LogP contribution < -0.4 is 0 Å². The van der Waals surface area contributed by atoms with E-state index < -0.39 is 0 Å². The number of allylic oxidation sites excluding steroid dienone is 1. The van der Waals surface area contributed by atoms with E-state index in [1.807, 2.05) is 29.5 Å². The quantitative estimate of drug-likeness (QED) is 0.662. The van der Waals surface area contributed by atoms with Crippen LogP contribution in [0.3, 0.4) is 0 Å². The minimum absolute atomic E-state index is 0.0455. The monoisotopic (exact) mass is 448 g/mol. The van der Waals surface area contributed by atoms with Gasteiger partial charge in [0.05, 0.1) is 40.3 Å². The van der Waals surface area contributed by atoms with Crippen molar-refractivity contribution in [3.63, 3.8) is 0 Å². The number of rotatable bonds is 2. The Hall–Kier alpha value is -2.50. The number of hydrogen-bond donors (Lipinski definition) is 0. The van der Waals surface area contributed by atoms with E-state index in [1.54, 1.807) is 6.08 Å². The molecule has 0 bridgehead atoms. The molecule has 32 heavy (non-hydrogen) atoms. The van der Waals surface area contributed by atoms with Crippen molar-refractivity contribution in [3.8, 4) is 0 Å². The maximum Gasteiger partial charge on any atom is 0.252 e. The molecule has 0 spiro atoms. The first-order valence-corrected chi connectivity index (χ1v) is 12.5. The predicted molar refractivity (Wildman–Crippen MR) is 127 cm³/mol. The molecule has 6 heterocycles. The largest absolute Gasteiger partial charge is 0.370 e. The van der Waals surface area contributed by atoms with Crippen LogP contribution in [0, 0.1) is 19.8 Å². The lowest BCUT2D eigenvalue weighted by atomic mass is 9.92. The second-order valence-corrected chi connectivity index (χ2v) is 10.9. The summed E-state index contributed by atoms with van der Waals surface area (Å²) in [5, 5.41) is 5.77. The molecule has 2 saturated heterocycles. The summed E-state index contributed by atoms with van der Waals surface area (Å²) in [7, 11) is 2.73. The number of hydrogen-bond acceptors (Lipinski definition) is 5. The van der Waals surface area contributed by atoms with Crippen LogP contribution in [0.2, 0.25) is 0 Å². The molecule has 4 aliphatic heterocycles. The standard InChI is InChI=1S/C24H29N6OP/c1-15-12-30-21(16(2)25-15)10-19(26-30)22-11-23(31)29-14-18(4-5-24(29)32-22)28-9-7-20-17(13-28)6-8-27(20)3/h4-5,10-12,14,17,20,24,32H,6-9,13H2,1-3H3. The molecule has 0 radical (unpaired) electrons. The molecule has 7 nitrogen and oxygen atoms in total. The predicted octanol–water partition coefficient (Wildman–Crippen LogP) is 2.97. The van der Waals surface area contributed by atoms with Gasteiger partial charge in [-0.05, 0) is 58.3 Å². The van der Waals surface area contributed by atoms with Crippen molar-refractivity contribution in [1.29, 1.82) is 0 Å². The summed E-state index contributed by atoms with van der Waals surface area (Å²) in [5.74, 6) is 0.860. The van der Waals surface area contributed by atoms with Crippen LogP contribution in [0.5, 0.6) is 0 Å². The summed E-state index contributed by atoms with van der Waals surface area (Å²) in [6, 6.07) is 2.78. The molecule has 4 unspecified atom stereocenters. The molecule has 2 aromatic heterocycles. The van der Waals surface area contributed by atoms with Crippen LogP contribution >= 0.6 is 8.58 Å². The van der Waals surface area contributed by atoms with Gasteiger partial charge in [0.25, 0.3) is 5.91 Å². The van der Waals surface area contributed by atoms with E-state index in [4.69, 9.17) is 5.10 Å². The molecule has 6 rings (SSSR count). The van der Waals surface area contributed by atoms with E-state index in [-0.39, 0.29) is 11.7 Å². The number of nitrogens with zero attached hydrogens (tertiary/aromatic N) is 6. The van der Waals surface area contributed by atoms with Gasteiger partial charge in [0.2, 0.25) is 0 Å². The van der Waals surface area contributed by atoms with Crippen molar-refractivity contribution >= 4 is 25.3 Å². The minimum atomic E-state index is 0.0455. The normalized spacial score (nSPS) is 28.8. The molecule has 8 heteroatoms. The molecule has 4 aliphatic rings. The highest BCUT2D eigenvalue weighted by Gasteiger charge is 2.37. The van der Waals surface area contributed by atoms with E-state index in [9.17, 15) is 4.79 Å². The zero-order chi connectivity index (χ0) is 22.0. The fraction of sp³-hybridized carbons (Fsp3) is 0.458. The van der Waals surface area contributed by atoms with Crippen LogP contribution in [-0.4, -0.2) is 73.7 Å². The summed E-state index contributed by atoms with van der Waals surface area (Å²) in [6.45, 7) is 7.33. The number of aromatic nitrogens is 3. The highest BCUT2D eigenvalue weighted by Crippen LogP contribution is 2.45. The van der Waals surface area contributed by atoms with E-state index in [0.29, 0.717) is 8.58 Å². The molecule has 4 atom stereocenters. The van der Waals surface area contributed by atoms with E-state index >= 15 is 0 Å². The van der Waals surface area contributed by atoms with Crippen LogP contribution in [-0.2, 0) is 4.79 Å². The van der Waals surface area contributed by atoms with Gasteiger partial charge in [0.1, 0.15) is 0 Å². The van der Waals surface area contributed by atoms with Crippen molar-refractivity contribution in [1.82, 2.24) is 29.3 Å². The zero-order valence-electron chi connectivity index (χ0n) is 18.8. The molecule has 0 N–H and O–H groups in total. The zero-order valence-corrected chi connectivity index (χ0v) is 19.8. The molecule has 0 aliphatic carbocycles. The Kier molecular flexibility index (Phi) is 4.74. The van der Waals surface area contributed by atoms with Crippen molar-refractivity contribution in [3.05, 3.63) is 59.5 Å². The maximum atomic E-state index is 13.1. The third kappa shape index (κ3) is 3.30. The van der Waals surface area contributed by atoms with Crippen LogP contribution in [0.4, 0.5) is 0 Å². The molecule has 0 saturated carbocycles. The number of carbonyl (C=O) groups is 1. The van der Waals surface area contributed by atoms with Crippen molar-refractivity contribution in [2.24, 2.45) is 5.92 Å². The number of amides is 1. The highest BCUT2D eigenvalue weighted by atomic mass is 31.1.